The maximum absolute atomic E-state index is 10.9. The van der Waals surface area contributed by atoms with Crippen LogP contribution in [0.4, 0.5) is 0 Å². The van der Waals surface area contributed by atoms with Crippen LogP contribution in [0.3, 0.4) is 0 Å². The van der Waals surface area contributed by atoms with Crippen LogP contribution in [-0.4, -0.2) is 22.7 Å². The van der Waals surface area contributed by atoms with Gasteiger partial charge in [0.05, 0.1) is 16.8 Å². The summed E-state index contributed by atoms with van der Waals surface area (Å²) in [6, 6.07) is 13.7. The van der Waals surface area contributed by atoms with Crippen molar-refractivity contribution < 1.29 is 14.7 Å². The number of aromatic nitrogens is 1. The molecule has 1 amide bonds. The van der Waals surface area contributed by atoms with Crippen molar-refractivity contribution in [2.75, 3.05) is 6.61 Å². The highest BCUT2D eigenvalue weighted by Crippen LogP contribution is 2.32. The standard InChI is InChI=1S/C20H21ClN2O3S/c21-15-8-11-18-17(13-15)22-20(27-18)14-6-9-16(10-7-14)26-12-4-2-1-3-5-19(24)23-25/h6-11,13,25H,1-5,12H2,(H,23,24). The molecule has 0 aliphatic rings. The Morgan fingerprint density at radius 1 is 1.11 bits per heavy atom. The maximum atomic E-state index is 10.9. The monoisotopic (exact) mass is 404 g/mol. The third kappa shape index (κ3) is 5.66. The SMILES string of the molecule is O=C(CCCCCCOc1ccc(-c2nc3cc(Cl)ccc3s2)cc1)NO. The van der Waals surface area contributed by atoms with E-state index in [4.69, 9.17) is 21.5 Å². The van der Waals surface area contributed by atoms with Gasteiger partial charge in [0, 0.05) is 17.0 Å². The fourth-order valence-corrected chi connectivity index (χ4v) is 3.82. The number of halogens is 1. The van der Waals surface area contributed by atoms with E-state index in [0.717, 1.165) is 52.2 Å². The van der Waals surface area contributed by atoms with Gasteiger partial charge in [0.2, 0.25) is 5.91 Å². The minimum Gasteiger partial charge on any atom is -0.494 e. The summed E-state index contributed by atoms with van der Waals surface area (Å²) in [5.41, 5.74) is 3.61. The minimum atomic E-state index is -0.331. The predicted octanol–water partition coefficient (Wildman–Crippen LogP) is 5.45. The van der Waals surface area contributed by atoms with Gasteiger partial charge in [-0.2, -0.15) is 0 Å². The number of nitrogens with zero attached hydrogens (tertiary/aromatic N) is 1. The van der Waals surface area contributed by atoms with E-state index in [2.05, 4.69) is 4.98 Å². The molecule has 27 heavy (non-hydrogen) atoms. The summed E-state index contributed by atoms with van der Waals surface area (Å²) in [6.07, 6.45) is 3.99. The summed E-state index contributed by atoms with van der Waals surface area (Å²) in [4.78, 5) is 15.5. The summed E-state index contributed by atoms with van der Waals surface area (Å²) in [6.45, 7) is 0.644. The number of unbranched alkanes of at least 4 members (excludes halogenated alkanes) is 3. The van der Waals surface area contributed by atoms with E-state index >= 15 is 0 Å². The third-order valence-corrected chi connectivity index (χ3v) is 5.46. The lowest BCUT2D eigenvalue weighted by Gasteiger charge is -2.06. The van der Waals surface area contributed by atoms with E-state index in [1.54, 1.807) is 16.8 Å². The van der Waals surface area contributed by atoms with Crippen molar-refractivity contribution in [3.05, 3.63) is 47.5 Å². The Morgan fingerprint density at radius 2 is 1.89 bits per heavy atom. The highest BCUT2D eigenvalue weighted by Gasteiger charge is 2.07. The van der Waals surface area contributed by atoms with Crippen LogP contribution in [0.15, 0.2) is 42.5 Å². The van der Waals surface area contributed by atoms with Gasteiger partial charge in [-0.25, -0.2) is 10.5 Å². The summed E-state index contributed by atoms with van der Waals surface area (Å²) >= 11 is 7.67. The van der Waals surface area contributed by atoms with Gasteiger partial charge in [-0.3, -0.25) is 10.0 Å². The van der Waals surface area contributed by atoms with Crippen LogP contribution in [0.5, 0.6) is 5.75 Å². The second-order valence-corrected chi connectivity index (χ2v) is 7.67. The number of hydrogen-bond donors (Lipinski definition) is 2. The Kier molecular flexibility index (Phi) is 7.04. The molecule has 5 nitrogen and oxygen atoms in total. The quantitative estimate of drug-likeness (QED) is 0.282. The van der Waals surface area contributed by atoms with Gasteiger partial charge in [0.1, 0.15) is 10.8 Å². The summed E-state index contributed by atoms with van der Waals surface area (Å²) < 4.78 is 6.88. The number of carbonyl (C=O) groups is 1. The smallest absolute Gasteiger partial charge is 0.243 e. The number of hydroxylamine groups is 1. The molecule has 0 unspecified atom stereocenters. The molecule has 0 atom stereocenters. The zero-order chi connectivity index (χ0) is 19.1. The van der Waals surface area contributed by atoms with Crippen molar-refractivity contribution in [2.24, 2.45) is 0 Å². The van der Waals surface area contributed by atoms with E-state index in [1.165, 1.54) is 0 Å². The normalized spacial score (nSPS) is 10.9. The number of benzene rings is 2. The first-order valence-electron chi connectivity index (χ1n) is 8.88. The summed E-state index contributed by atoms with van der Waals surface area (Å²) in [5, 5.41) is 10.1. The molecular weight excluding hydrogens is 384 g/mol. The number of ether oxygens (including phenoxy) is 1. The molecule has 0 saturated carbocycles. The first kappa shape index (κ1) is 19.6. The molecule has 2 aromatic carbocycles. The van der Waals surface area contributed by atoms with Crippen LogP contribution in [0.1, 0.15) is 32.1 Å². The highest BCUT2D eigenvalue weighted by molar-refractivity contribution is 7.21. The lowest BCUT2D eigenvalue weighted by molar-refractivity contribution is -0.129. The summed E-state index contributed by atoms with van der Waals surface area (Å²) in [7, 11) is 0. The lowest BCUT2D eigenvalue weighted by atomic mass is 10.1. The van der Waals surface area contributed by atoms with Gasteiger partial charge in [0.15, 0.2) is 0 Å². The Hall–Kier alpha value is -2.15. The number of nitrogens with one attached hydrogen (secondary N) is 1. The molecule has 0 saturated heterocycles. The van der Waals surface area contributed by atoms with Crippen molar-refractivity contribution in [3.8, 4) is 16.3 Å². The van der Waals surface area contributed by atoms with Crippen LogP contribution in [0, 0.1) is 0 Å². The first-order valence-corrected chi connectivity index (χ1v) is 10.1. The number of thiazole rings is 1. The molecule has 2 N–H and O–H groups in total. The molecule has 0 aliphatic heterocycles. The summed E-state index contributed by atoms with van der Waals surface area (Å²) in [5.74, 6) is 0.505. The van der Waals surface area contributed by atoms with Gasteiger partial charge in [0.25, 0.3) is 0 Å². The molecule has 1 heterocycles. The van der Waals surface area contributed by atoms with Gasteiger partial charge < -0.3 is 4.74 Å². The van der Waals surface area contributed by atoms with Crippen molar-refractivity contribution in [2.45, 2.75) is 32.1 Å². The van der Waals surface area contributed by atoms with E-state index in [0.29, 0.717) is 18.1 Å². The van der Waals surface area contributed by atoms with E-state index in [9.17, 15) is 4.79 Å². The maximum Gasteiger partial charge on any atom is 0.243 e. The number of rotatable bonds is 9. The van der Waals surface area contributed by atoms with Gasteiger partial charge in [-0.15, -0.1) is 11.3 Å². The Labute approximate surface area is 166 Å². The van der Waals surface area contributed by atoms with Crippen molar-refractivity contribution >= 4 is 39.1 Å². The zero-order valence-corrected chi connectivity index (χ0v) is 16.4. The van der Waals surface area contributed by atoms with E-state index < -0.39 is 0 Å². The van der Waals surface area contributed by atoms with Crippen molar-refractivity contribution in [3.63, 3.8) is 0 Å². The molecule has 142 valence electrons. The molecule has 3 rings (SSSR count). The fraction of sp³-hybridized carbons (Fsp3) is 0.300. The van der Waals surface area contributed by atoms with Gasteiger partial charge in [-0.05, 0) is 55.3 Å². The number of hydrogen-bond acceptors (Lipinski definition) is 5. The third-order valence-electron chi connectivity index (χ3n) is 4.14. The molecule has 0 fully saturated rings. The van der Waals surface area contributed by atoms with E-state index in [-0.39, 0.29) is 5.91 Å². The number of carbonyl (C=O) groups excluding carboxylic acids is 1. The highest BCUT2D eigenvalue weighted by atomic mass is 35.5. The molecule has 1 aromatic heterocycles. The van der Waals surface area contributed by atoms with Crippen molar-refractivity contribution in [1.82, 2.24) is 10.5 Å². The fourth-order valence-electron chi connectivity index (χ4n) is 2.70. The molecule has 0 radical (unpaired) electrons. The number of amides is 1. The molecule has 0 spiro atoms. The molecule has 0 aliphatic carbocycles. The zero-order valence-electron chi connectivity index (χ0n) is 14.8. The molecular formula is C20H21ClN2O3S. The second-order valence-electron chi connectivity index (χ2n) is 6.20. The van der Waals surface area contributed by atoms with Crippen LogP contribution in [0.2, 0.25) is 5.02 Å². The van der Waals surface area contributed by atoms with Crippen molar-refractivity contribution in [1.29, 1.82) is 0 Å². The molecule has 7 heteroatoms. The van der Waals surface area contributed by atoms with Crippen LogP contribution in [-0.2, 0) is 4.79 Å². The Balaban J connectivity index is 1.45. The van der Waals surface area contributed by atoms with Crippen LogP contribution in [0.25, 0.3) is 20.8 Å². The minimum absolute atomic E-state index is 0.331. The Bertz CT molecular complexity index is 896. The van der Waals surface area contributed by atoms with Gasteiger partial charge in [-0.1, -0.05) is 24.4 Å². The predicted molar refractivity (Wildman–Crippen MR) is 109 cm³/mol. The van der Waals surface area contributed by atoms with Gasteiger partial charge >= 0.3 is 0 Å². The van der Waals surface area contributed by atoms with Crippen LogP contribution < -0.4 is 10.2 Å². The van der Waals surface area contributed by atoms with E-state index in [1.807, 2.05) is 42.5 Å². The lowest BCUT2D eigenvalue weighted by Crippen LogP contribution is -2.17. The second kappa shape index (κ2) is 9.69. The van der Waals surface area contributed by atoms with Crippen LogP contribution >= 0.6 is 22.9 Å². The molecule has 0 bridgehead atoms. The Morgan fingerprint density at radius 3 is 2.67 bits per heavy atom. The average molecular weight is 405 g/mol. The first-order chi connectivity index (χ1) is 13.2. The molecule has 3 aromatic rings. The average Bonchev–Trinajstić information content (AvgIpc) is 3.10. The number of fused-ring (bicyclic) bond motifs is 1. The largest absolute Gasteiger partial charge is 0.494 e. The topological polar surface area (TPSA) is 71.5 Å².